The molecule has 1 heterocycles. The third-order valence-corrected chi connectivity index (χ3v) is 4.57. The summed E-state index contributed by atoms with van der Waals surface area (Å²) in [6, 6.07) is 23.4. The molecule has 27 heavy (non-hydrogen) atoms. The number of ether oxygens (including phenoxy) is 1. The molecular weight excluding hydrogens is 336 g/mol. The van der Waals surface area contributed by atoms with Crippen LogP contribution in [-0.2, 0) is 6.54 Å². The summed E-state index contributed by atoms with van der Waals surface area (Å²) >= 11 is 0. The number of carbonyl (C=O) groups is 1. The molecule has 132 valence electrons. The molecule has 1 aromatic heterocycles. The number of rotatable bonds is 5. The van der Waals surface area contributed by atoms with Gasteiger partial charge in [0, 0.05) is 11.6 Å². The molecule has 0 N–H and O–H groups in total. The quantitative estimate of drug-likeness (QED) is 0.400. The average molecular weight is 355 g/mol. The first kappa shape index (κ1) is 16.9. The third kappa shape index (κ3) is 3.42. The van der Waals surface area contributed by atoms with Crippen molar-refractivity contribution in [2.24, 2.45) is 0 Å². The Hall–Kier alpha value is -3.53. The van der Waals surface area contributed by atoms with E-state index < -0.39 is 0 Å². The average Bonchev–Trinajstić information content (AvgIpc) is 2.74. The Morgan fingerprint density at radius 2 is 1.74 bits per heavy atom. The number of ketones is 1. The number of carbonyl (C=O) groups excluding carboxylic acids is 1. The summed E-state index contributed by atoms with van der Waals surface area (Å²) < 4.78 is 7.19. The van der Waals surface area contributed by atoms with Crippen LogP contribution in [0.25, 0.3) is 22.0 Å². The Morgan fingerprint density at radius 1 is 0.963 bits per heavy atom. The fourth-order valence-electron chi connectivity index (χ4n) is 3.21. The summed E-state index contributed by atoms with van der Waals surface area (Å²) in [6.07, 6.45) is 3.56. The van der Waals surface area contributed by atoms with Gasteiger partial charge in [0.1, 0.15) is 5.75 Å². The van der Waals surface area contributed by atoms with E-state index in [-0.39, 0.29) is 12.3 Å². The van der Waals surface area contributed by atoms with E-state index in [4.69, 9.17) is 4.74 Å². The highest BCUT2D eigenvalue weighted by atomic mass is 16.5. The first-order valence-electron chi connectivity index (χ1n) is 8.76. The van der Waals surface area contributed by atoms with Gasteiger partial charge in [-0.15, -0.1) is 0 Å². The minimum atomic E-state index is 0.0589. The maximum absolute atomic E-state index is 12.8. The normalized spacial score (nSPS) is 10.7. The smallest absolute Gasteiger partial charge is 0.287 e. The summed E-state index contributed by atoms with van der Waals surface area (Å²) in [6.45, 7) is 0.243. The molecule has 0 amide bonds. The van der Waals surface area contributed by atoms with E-state index in [0.717, 1.165) is 33.3 Å². The lowest BCUT2D eigenvalue weighted by molar-refractivity contribution is -0.686. The summed E-state index contributed by atoms with van der Waals surface area (Å²) in [7, 11) is 1.64. The van der Waals surface area contributed by atoms with Crippen molar-refractivity contribution in [1.82, 2.24) is 4.98 Å². The number of hydrogen-bond donors (Lipinski definition) is 0. The van der Waals surface area contributed by atoms with Gasteiger partial charge in [-0.1, -0.05) is 54.6 Å². The highest BCUT2D eigenvalue weighted by Gasteiger charge is 2.15. The molecule has 4 heteroatoms. The molecule has 0 saturated heterocycles. The number of methoxy groups -OCH3 is 1. The van der Waals surface area contributed by atoms with Crippen LogP contribution in [0, 0.1) is 0 Å². The Kier molecular flexibility index (Phi) is 4.62. The lowest BCUT2D eigenvalue weighted by Crippen LogP contribution is -2.37. The summed E-state index contributed by atoms with van der Waals surface area (Å²) in [5, 5.41) is 2.04. The molecule has 4 nitrogen and oxygen atoms in total. The molecule has 0 aliphatic rings. The highest BCUT2D eigenvalue weighted by Crippen LogP contribution is 2.27. The van der Waals surface area contributed by atoms with Crippen LogP contribution in [0.5, 0.6) is 5.75 Å². The van der Waals surface area contributed by atoms with Gasteiger partial charge in [0.2, 0.25) is 5.78 Å². The van der Waals surface area contributed by atoms with Crippen LogP contribution in [0.4, 0.5) is 0 Å². The SMILES string of the molecule is COc1ccccc1-c1cc[n+](CC(=O)c2cccc3ccccc23)cn1. The van der Waals surface area contributed by atoms with Crippen molar-refractivity contribution in [2.75, 3.05) is 7.11 Å². The third-order valence-electron chi connectivity index (χ3n) is 4.57. The van der Waals surface area contributed by atoms with Crippen LogP contribution in [0.3, 0.4) is 0 Å². The Bertz CT molecular complexity index is 1100. The number of benzene rings is 3. The summed E-state index contributed by atoms with van der Waals surface area (Å²) in [5.41, 5.74) is 2.46. The van der Waals surface area contributed by atoms with E-state index in [2.05, 4.69) is 4.98 Å². The van der Waals surface area contributed by atoms with Crippen molar-refractivity contribution in [3.05, 3.63) is 90.9 Å². The maximum Gasteiger partial charge on any atom is 0.287 e. The summed E-state index contributed by atoms with van der Waals surface area (Å²) in [5.74, 6) is 0.832. The van der Waals surface area contributed by atoms with E-state index in [9.17, 15) is 4.79 Å². The van der Waals surface area contributed by atoms with Gasteiger partial charge in [-0.2, -0.15) is 0 Å². The zero-order valence-corrected chi connectivity index (χ0v) is 15.0. The van der Waals surface area contributed by atoms with Gasteiger partial charge < -0.3 is 4.74 Å². The molecule has 0 fully saturated rings. The van der Waals surface area contributed by atoms with E-state index in [0.29, 0.717) is 0 Å². The van der Waals surface area contributed by atoms with Crippen molar-refractivity contribution in [3.63, 3.8) is 0 Å². The van der Waals surface area contributed by atoms with E-state index in [1.165, 1.54) is 0 Å². The molecule has 0 unspecified atom stereocenters. The Morgan fingerprint density at radius 3 is 2.56 bits per heavy atom. The van der Waals surface area contributed by atoms with Gasteiger partial charge in [-0.3, -0.25) is 4.79 Å². The first-order valence-corrected chi connectivity index (χ1v) is 8.76. The molecule has 4 rings (SSSR count). The molecular formula is C23H19N2O2+. The van der Waals surface area contributed by atoms with Gasteiger partial charge in [-0.25, -0.2) is 4.57 Å². The number of fused-ring (bicyclic) bond motifs is 1. The van der Waals surface area contributed by atoms with Crippen LogP contribution in [0.1, 0.15) is 10.4 Å². The van der Waals surface area contributed by atoms with Crippen molar-refractivity contribution in [2.45, 2.75) is 6.54 Å². The number of nitrogens with zero attached hydrogens (tertiary/aromatic N) is 2. The number of aromatic nitrogens is 2. The second-order valence-corrected chi connectivity index (χ2v) is 6.27. The van der Waals surface area contributed by atoms with Crippen LogP contribution < -0.4 is 9.30 Å². The molecule has 0 aliphatic heterocycles. The van der Waals surface area contributed by atoms with Crippen molar-refractivity contribution in [3.8, 4) is 17.0 Å². The van der Waals surface area contributed by atoms with Gasteiger partial charge in [0.25, 0.3) is 6.33 Å². The Labute approximate surface area is 157 Å². The summed E-state index contributed by atoms with van der Waals surface area (Å²) in [4.78, 5) is 17.3. The minimum absolute atomic E-state index is 0.0589. The van der Waals surface area contributed by atoms with Crippen LogP contribution in [0.2, 0.25) is 0 Å². The van der Waals surface area contributed by atoms with Crippen LogP contribution in [-0.4, -0.2) is 17.9 Å². The maximum atomic E-state index is 12.8. The first-order chi connectivity index (χ1) is 13.3. The monoisotopic (exact) mass is 355 g/mol. The molecule has 0 spiro atoms. The topological polar surface area (TPSA) is 43.1 Å². The lowest BCUT2D eigenvalue weighted by atomic mass is 10.0. The zero-order chi connectivity index (χ0) is 18.6. The second-order valence-electron chi connectivity index (χ2n) is 6.27. The largest absolute Gasteiger partial charge is 0.496 e. The van der Waals surface area contributed by atoms with Crippen molar-refractivity contribution in [1.29, 1.82) is 0 Å². The predicted molar refractivity (Wildman–Crippen MR) is 105 cm³/mol. The molecule has 0 atom stereocenters. The molecule has 3 aromatic carbocycles. The number of Topliss-reactive ketones (excluding diaryl/α,β-unsaturated/α-hetero) is 1. The van der Waals surface area contributed by atoms with Crippen molar-refractivity contribution >= 4 is 16.6 Å². The molecule has 0 saturated carbocycles. The standard InChI is InChI=1S/C23H19N2O2/c1-27-23-12-5-4-10-20(23)21-13-14-25(16-24-21)15-22(26)19-11-6-8-17-7-2-3-9-18(17)19/h2-14,16H,15H2,1H3/q+1. The van der Waals surface area contributed by atoms with Gasteiger partial charge >= 0.3 is 0 Å². The predicted octanol–water partition coefficient (Wildman–Crippen LogP) is 4.08. The second kappa shape index (κ2) is 7.38. The van der Waals surface area contributed by atoms with Gasteiger partial charge in [0.05, 0.1) is 18.9 Å². The molecule has 0 bridgehead atoms. The lowest BCUT2D eigenvalue weighted by Gasteiger charge is -2.06. The van der Waals surface area contributed by atoms with Gasteiger partial charge in [-0.05, 0) is 27.9 Å². The van der Waals surface area contributed by atoms with E-state index in [1.54, 1.807) is 18.0 Å². The minimum Gasteiger partial charge on any atom is -0.496 e. The van der Waals surface area contributed by atoms with Crippen molar-refractivity contribution < 1.29 is 14.1 Å². The number of hydrogen-bond acceptors (Lipinski definition) is 3. The Balaban J connectivity index is 1.59. The zero-order valence-electron chi connectivity index (χ0n) is 15.0. The fourth-order valence-corrected chi connectivity index (χ4v) is 3.21. The molecule has 4 aromatic rings. The van der Waals surface area contributed by atoms with E-state index >= 15 is 0 Å². The van der Waals surface area contributed by atoms with Crippen LogP contribution >= 0.6 is 0 Å². The van der Waals surface area contributed by atoms with Gasteiger partial charge in [0.15, 0.2) is 12.2 Å². The fraction of sp³-hybridized carbons (Fsp3) is 0.0870. The van der Waals surface area contributed by atoms with E-state index in [1.807, 2.05) is 79.0 Å². The molecule has 0 aliphatic carbocycles. The highest BCUT2D eigenvalue weighted by molar-refractivity contribution is 6.07. The number of para-hydroxylation sites is 1. The molecule has 0 radical (unpaired) electrons. The van der Waals surface area contributed by atoms with Crippen LogP contribution in [0.15, 0.2) is 85.3 Å².